The SMILES string of the molecule is CC1(F)CCN(C=O)C1. The quantitative estimate of drug-likeness (QED) is 0.476. The number of amides is 1. The highest BCUT2D eigenvalue weighted by molar-refractivity contribution is 5.48. The van der Waals surface area contributed by atoms with Crippen molar-refractivity contribution in [2.24, 2.45) is 0 Å². The van der Waals surface area contributed by atoms with Gasteiger partial charge < -0.3 is 4.90 Å². The smallest absolute Gasteiger partial charge is 0.209 e. The zero-order valence-electron chi connectivity index (χ0n) is 5.43. The monoisotopic (exact) mass is 131 g/mol. The van der Waals surface area contributed by atoms with Crippen molar-refractivity contribution in [2.45, 2.75) is 19.0 Å². The molecule has 0 N–H and O–H groups in total. The van der Waals surface area contributed by atoms with E-state index in [1.54, 1.807) is 0 Å². The molecule has 1 amide bonds. The molecule has 1 rings (SSSR count). The lowest BCUT2D eigenvalue weighted by atomic mass is 10.1. The van der Waals surface area contributed by atoms with Crippen LogP contribution in [0.3, 0.4) is 0 Å². The summed E-state index contributed by atoms with van der Waals surface area (Å²) >= 11 is 0. The van der Waals surface area contributed by atoms with Gasteiger partial charge in [0.1, 0.15) is 5.67 Å². The number of likely N-dealkylation sites (tertiary alicyclic amines) is 1. The standard InChI is InChI=1S/C6H10FNO/c1-6(7)2-3-8(4-6)5-9/h5H,2-4H2,1H3. The van der Waals surface area contributed by atoms with E-state index in [0.717, 1.165) is 0 Å². The van der Waals surface area contributed by atoms with Gasteiger partial charge >= 0.3 is 0 Å². The molecule has 0 aromatic carbocycles. The minimum Gasteiger partial charge on any atom is -0.342 e. The van der Waals surface area contributed by atoms with Crippen molar-refractivity contribution >= 4 is 6.41 Å². The van der Waals surface area contributed by atoms with E-state index in [1.165, 1.54) is 11.8 Å². The van der Waals surface area contributed by atoms with Crippen LogP contribution in [0.15, 0.2) is 0 Å². The van der Waals surface area contributed by atoms with E-state index in [9.17, 15) is 9.18 Å². The summed E-state index contributed by atoms with van der Waals surface area (Å²) in [4.78, 5) is 11.5. The lowest BCUT2D eigenvalue weighted by Crippen LogP contribution is -2.24. The Bertz CT molecular complexity index is 124. The minimum atomic E-state index is -1.14. The van der Waals surface area contributed by atoms with E-state index >= 15 is 0 Å². The third-order valence-electron chi connectivity index (χ3n) is 1.60. The highest BCUT2D eigenvalue weighted by atomic mass is 19.1. The van der Waals surface area contributed by atoms with Crippen LogP contribution >= 0.6 is 0 Å². The van der Waals surface area contributed by atoms with Crippen LogP contribution < -0.4 is 0 Å². The summed E-state index contributed by atoms with van der Waals surface area (Å²) in [6, 6.07) is 0. The molecule has 0 saturated carbocycles. The first kappa shape index (κ1) is 6.52. The van der Waals surface area contributed by atoms with Gasteiger partial charge in [0.05, 0.1) is 6.54 Å². The molecule has 1 heterocycles. The third kappa shape index (κ3) is 1.40. The highest BCUT2D eigenvalue weighted by Crippen LogP contribution is 2.22. The molecule has 1 unspecified atom stereocenters. The summed E-state index contributed by atoms with van der Waals surface area (Å²) in [5, 5.41) is 0. The summed E-state index contributed by atoms with van der Waals surface area (Å²) in [6.07, 6.45) is 1.18. The molecule has 0 aromatic heterocycles. The first-order chi connectivity index (χ1) is 4.14. The van der Waals surface area contributed by atoms with Gasteiger partial charge in [0, 0.05) is 13.0 Å². The number of nitrogens with zero attached hydrogens (tertiary/aromatic N) is 1. The van der Waals surface area contributed by atoms with Gasteiger partial charge in [-0.15, -0.1) is 0 Å². The van der Waals surface area contributed by atoms with Gasteiger partial charge in [0.2, 0.25) is 6.41 Å². The van der Waals surface area contributed by atoms with Crippen LogP contribution in [0.4, 0.5) is 4.39 Å². The van der Waals surface area contributed by atoms with Crippen molar-refractivity contribution in [1.29, 1.82) is 0 Å². The first-order valence-electron chi connectivity index (χ1n) is 3.02. The maximum Gasteiger partial charge on any atom is 0.209 e. The Morgan fingerprint density at radius 3 is 2.67 bits per heavy atom. The normalized spacial score (nSPS) is 35.1. The van der Waals surface area contributed by atoms with Crippen molar-refractivity contribution in [2.75, 3.05) is 13.1 Å². The van der Waals surface area contributed by atoms with Crippen LogP contribution in [0, 0.1) is 0 Å². The summed E-state index contributed by atoms with van der Waals surface area (Å²) in [5.41, 5.74) is -1.14. The second-order valence-electron chi connectivity index (χ2n) is 2.74. The molecule has 9 heavy (non-hydrogen) atoms. The molecule has 1 atom stereocenters. The average Bonchev–Trinajstić information content (AvgIpc) is 2.10. The van der Waals surface area contributed by atoms with E-state index in [0.29, 0.717) is 19.4 Å². The molecule has 3 heteroatoms. The van der Waals surface area contributed by atoms with E-state index in [1.807, 2.05) is 0 Å². The third-order valence-corrected chi connectivity index (χ3v) is 1.60. The summed E-state index contributed by atoms with van der Waals surface area (Å²) in [6.45, 7) is 2.35. The Morgan fingerprint density at radius 2 is 2.44 bits per heavy atom. The molecule has 1 aliphatic rings. The summed E-state index contributed by atoms with van der Waals surface area (Å²) in [7, 11) is 0. The fraction of sp³-hybridized carbons (Fsp3) is 0.833. The van der Waals surface area contributed by atoms with Gasteiger partial charge in [-0.1, -0.05) is 0 Å². The van der Waals surface area contributed by atoms with Gasteiger partial charge in [0.15, 0.2) is 0 Å². The van der Waals surface area contributed by atoms with Gasteiger partial charge in [-0.3, -0.25) is 4.79 Å². The van der Waals surface area contributed by atoms with Gasteiger partial charge in [-0.25, -0.2) is 4.39 Å². The molecule has 52 valence electrons. The number of halogens is 1. The van der Waals surface area contributed by atoms with Crippen LogP contribution in [0.1, 0.15) is 13.3 Å². The Balaban J connectivity index is 2.47. The number of alkyl halides is 1. The molecule has 0 spiro atoms. The van der Waals surface area contributed by atoms with Crippen molar-refractivity contribution < 1.29 is 9.18 Å². The zero-order chi connectivity index (χ0) is 6.91. The van der Waals surface area contributed by atoms with Crippen LogP contribution in [0.5, 0.6) is 0 Å². The Labute approximate surface area is 53.6 Å². The minimum absolute atomic E-state index is 0.260. The van der Waals surface area contributed by atoms with Crippen LogP contribution in [0.2, 0.25) is 0 Å². The van der Waals surface area contributed by atoms with Crippen LogP contribution in [-0.4, -0.2) is 30.1 Å². The largest absolute Gasteiger partial charge is 0.342 e. The Kier molecular flexibility index (Phi) is 1.43. The maximum atomic E-state index is 12.8. The lowest BCUT2D eigenvalue weighted by Gasteiger charge is -2.11. The summed E-state index contributed by atoms with van der Waals surface area (Å²) < 4.78 is 12.8. The van der Waals surface area contributed by atoms with Gasteiger partial charge in [-0.05, 0) is 6.92 Å². The molecular weight excluding hydrogens is 121 g/mol. The fourth-order valence-electron chi connectivity index (χ4n) is 1.05. The molecule has 0 bridgehead atoms. The maximum absolute atomic E-state index is 12.8. The molecule has 1 aliphatic heterocycles. The first-order valence-corrected chi connectivity index (χ1v) is 3.02. The van der Waals surface area contributed by atoms with E-state index in [-0.39, 0.29) is 6.54 Å². The second-order valence-corrected chi connectivity index (χ2v) is 2.74. The van der Waals surface area contributed by atoms with Crippen molar-refractivity contribution in [1.82, 2.24) is 4.90 Å². The molecule has 0 radical (unpaired) electrons. The topological polar surface area (TPSA) is 20.3 Å². The predicted octanol–water partition coefficient (Wildman–Crippen LogP) is 0.577. The van der Waals surface area contributed by atoms with Crippen molar-refractivity contribution in [3.63, 3.8) is 0 Å². The van der Waals surface area contributed by atoms with E-state index in [4.69, 9.17) is 0 Å². The average molecular weight is 131 g/mol. The molecule has 2 nitrogen and oxygen atoms in total. The van der Waals surface area contributed by atoms with Gasteiger partial charge in [0.25, 0.3) is 0 Å². The fourth-order valence-corrected chi connectivity index (χ4v) is 1.05. The van der Waals surface area contributed by atoms with Crippen molar-refractivity contribution in [3.8, 4) is 0 Å². The number of carbonyl (C=O) groups is 1. The van der Waals surface area contributed by atoms with E-state index in [2.05, 4.69) is 0 Å². The highest BCUT2D eigenvalue weighted by Gasteiger charge is 2.32. The van der Waals surface area contributed by atoms with E-state index < -0.39 is 5.67 Å². The molecule has 1 fully saturated rings. The Morgan fingerprint density at radius 1 is 1.78 bits per heavy atom. The number of hydrogen-bond acceptors (Lipinski definition) is 1. The van der Waals surface area contributed by atoms with Crippen molar-refractivity contribution in [3.05, 3.63) is 0 Å². The predicted molar refractivity (Wildman–Crippen MR) is 31.8 cm³/mol. The molecule has 0 aliphatic carbocycles. The molecular formula is C6H10FNO. The molecule has 0 aromatic rings. The summed E-state index contributed by atoms with van der Waals surface area (Å²) in [5.74, 6) is 0. The van der Waals surface area contributed by atoms with Crippen LogP contribution in [0.25, 0.3) is 0 Å². The molecule has 1 saturated heterocycles. The number of carbonyl (C=O) groups excluding carboxylic acids is 1. The zero-order valence-corrected chi connectivity index (χ0v) is 5.43. The number of rotatable bonds is 1. The van der Waals surface area contributed by atoms with Crippen LogP contribution in [-0.2, 0) is 4.79 Å². The Hall–Kier alpha value is -0.600. The lowest BCUT2D eigenvalue weighted by molar-refractivity contribution is -0.117. The second kappa shape index (κ2) is 1.97. The van der Waals surface area contributed by atoms with Gasteiger partial charge in [-0.2, -0.15) is 0 Å². The number of hydrogen-bond donors (Lipinski definition) is 0.